The first-order chi connectivity index (χ1) is 17.2. The number of carboxylic acid groups (broad SMARTS) is 1. The predicted octanol–water partition coefficient (Wildman–Crippen LogP) is 2.58. The second-order valence-corrected chi connectivity index (χ2v) is 7.67. The second-order valence-electron chi connectivity index (χ2n) is 7.67. The zero-order valence-corrected chi connectivity index (χ0v) is 19.6. The molecule has 36 heavy (non-hydrogen) atoms. The zero-order valence-electron chi connectivity index (χ0n) is 19.6. The van der Waals surface area contributed by atoms with Crippen molar-refractivity contribution in [3.63, 3.8) is 0 Å². The van der Waals surface area contributed by atoms with E-state index in [1.54, 1.807) is 24.3 Å². The minimum atomic E-state index is -2.17. The molecule has 3 aromatic rings. The maximum Gasteiger partial charge on any atom is 0.349 e. The van der Waals surface area contributed by atoms with Crippen LogP contribution in [0.15, 0.2) is 60.7 Å². The molecule has 11 heteroatoms. The van der Waals surface area contributed by atoms with Crippen LogP contribution in [-0.2, 0) is 19.1 Å². The Labute approximate surface area is 206 Å². The number of nitrogens with one attached hydrogen (secondary N) is 1. The van der Waals surface area contributed by atoms with E-state index in [-0.39, 0.29) is 22.8 Å². The van der Waals surface area contributed by atoms with E-state index in [4.69, 9.17) is 14.2 Å². The summed E-state index contributed by atoms with van der Waals surface area (Å²) in [6, 6.07) is 15.1. The van der Waals surface area contributed by atoms with Crippen molar-refractivity contribution in [3.8, 4) is 5.88 Å². The molecule has 1 aromatic heterocycles. The number of carboxylic acids is 1. The number of carbonyl (C=O) groups is 4. The van der Waals surface area contributed by atoms with Gasteiger partial charge in [0.05, 0.1) is 18.2 Å². The van der Waals surface area contributed by atoms with Crippen LogP contribution in [0.5, 0.6) is 5.88 Å². The molecule has 2 atom stereocenters. The summed E-state index contributed by atoms with van der Waals surface area (Å²) in [7, 11) is 1.38. The number of aliphatic carboxylic acids is 1. The standard InChI is InChI=1S/C25H23N3O8/c1-14-4-8-16(9-5-14)24(32)35-20(22(29)26-18-12-13-19(34-3)28-27-18)21(23(30)31)36-25(33)17-10-6-15(2)7-11-17/h4-13,20-21H,1-3H3,(H,30,31)(H,26,27,29). The van der Waals surface area contributed by atoms with Gasteiger partial charge < -0.3 is 24.6 Å². The molecule has 2 N–H and O–H groups in total. The van der Waals surface area contributed by atoms with Crippen molar-refractivity contribution in [2.75, 3.05) is 12.4 Å². The Morgan fingerprint density at radius 2 is 1.25 bits per heavy atom. The molecule has 0 saturated carbocycles. The minimum Gasteiger partial charge on any atom is -0.480 e. The Bertz CT molecular complexity index is 1240. The molecular formula is C25H23N3O8. The highest BCUT2D eigenvalue weighted by molar-refractivity contribution is 6.01. The molecule has 3 rings (SSSR count). The number of benzene rings is 2. The Kier molecular flexibility index (Phi) is 8.29. The van der Waals surface area contributed by atoms with Crippen molar-refractivity contribution < 1.29 is 38.5 Å². The van der Waals surface area contributed by atoms with Crippen molar-refractivity contribution in [2.45, 2.75) is 26.1 Å². The third kappa shape index (κ3) is 6.63. The van der Waals surface area contributed by atoms with Crippen LogP contribution in [0, 0.1) is 13.8 Å². The lowest BCUT2D eigenvalue weighted by Gasteiger charge is -2.23. The first kappa shape index (κ1) is 25.8. The van der Waals surface area contributed by atoms with E-state index in [0.29, 0.717) is 0 Å². The van der Waals surface area contributed by atoms with Crippen molar-refractivity contribution in [1.29, 1.82) is 0 Å². The third-order valence-corrected chi connectivity index (χ3v) is 4.92. The Morgan fingerprint density at radius 3 is 1.67 bits per heavy atom. The largest absolute Gasteiger partial charge is 0.480 e. The van der Waals surface area contributed by atoms with E-state index >= 15 is 0 Å². The number of nitrogens with zero attached hydrogens (tertiary/aromatic N) is 2. The average Bonchev–Trinajstić information content (AvgIpc) is 2.87. The second kappa shape index (κ2) is 11.6. The summed E-state index contributed by atoms with van der Waals surface area (Å²) >= 11 is 0. The Hall–Kier alpha value is -4.80. The number of carbonyl (C=O) groups excluding carboxylic acids is 3. The first-order valence-electron chi connectivity index (χ1n) is 10.6. The summed E-state index contributed by atoms with van der Waals surface area (Å²) in [6.45, 7) is 3.62. The van der Waals surface area contributed by atoms with Crippen molar-refractivity contribution in [2.24, 2.45) is 0 Å². The fourth-order valence-electron chi connectivity index (χ4n) is 2.93. The molecule has 0 fully saturated rings. The van der Waals surface area contributed by atoms with Crippen molar-refractivity contribution in [1.82, 2.24) is 10.2 Å². The van der Waals surface area contributed by atoms with Crippen molar-refractivity contribution >= 4 is 29.6 Å². The maximum absolute atomic E-state index is 13.1. The molecule has 0 spiro atoms. The molecule has 0 aliphatic rings. The highest BCUT2D eigenvalue weighted by Gasteiger charge is 2.41. The van der Waals surface area contributed by atoms with Gasteiger partial charge in [0, 0.05) is 6.07 Å². The Balaban J connectivity index is 1.89. The monoisotopic (exact) mass is 493 g/mol. The van der Waals surface area contributed by atoms with Crippen LogP contribution in [0.2, 0.25) is 0 Å². The summed E-state index contributed by atoms with van der Waals surface area (Å²) in [6.07, 6.45) is -4.23. The van der Waals surface area contributed by atoms with E-state index in [0.717, 1.165) is 11.1 Å². The zero-order chi connectivity index (χ0) is 26.2. The maximum atomic E-state index is 13.1. The molecule has 2 aromatic carbocycles. The smallest absolute Gasteiger partial charge is 0.349 e. The SMILES string of the molecule is COc1ccc(NC(=O)C(OC(=O)c2ccc(C)cc2)C(OC(=O)c2ccc(C)cc2)C(=O)O)nn1. The summed E-state index contributed by atoms with van der Waals surface area (Å²) in [5.41, 5.74) is 1.86. The Morgan fingerprint density at radius 1 is 0.750 bits per heavy atom. The van der Waals surface area contributed by atoms with Gasteiger partial charge >= 0.3 is 17.9 Å². The number of amides is 1. The normalized spacial score (nSPS) is 12.1. The number of methoxy groups -OCH3 is 1. The summed E-state index contributed by atoms with van der Waals surface area (Å²) in [5.74, 6) is -4.71. The van der Waals surface area contributed by atoms with Gasteiger partial charge in [0.1, 0.15) is 0 Å². The summed E-state index contributed by atoms with van der Waals surface area (Å²) < 4.78 is 15.3. The topological polar surface area (TPSA) is 154 Å². The number of aromatic nitrogens is 2. The van der Waals surface area contributed by atoms with Gasteiger partial charge in [-0.3, -0.25) is 4.79 Å². The lowest BCUT2D eigenvalue weighted by molar-refractivity contribution is -0.157. The lowest BCUT2D eigenvalue weighted by atomic mass is 10.1. The van der Waals surface area contributed by atoms with Crippen LogP contribution < -0.4 is 10.1 Å². The lowest BCUT2D eigenvalue weighted by Crippen LogP contribution is -2.48. The highest BCUT2D eigenvalue weighted by atomic mass is 16.6. The quantitative estimate of drug-likeness (QED) is 0.425. The van der Waals surface area contributed by atoms with Gasteiger partial charge in [-0.05, 0) is 44.2 Å². The number of esters is 2. The minimum absolute atomic E-state index is 0.0527. The molecule has 0 aliphatic heterocycles. The summed E-state index contributed by atoms with van der Waals surface area (Å²) in [4.78, 5) is 50.5. The van der Waals surface area contributed by atoms with E-state index in [1.165, 1.54) is 43.5 Å². The van der Waals surface area contributed by atoms with Gasteiger partial charge in [0.25, 0.3) is 5.91 Å². The highest BCUT2D eigenvalue weighted by Crippen LogP contribution is 2.16. The molecule has 11 nitrogen and oxygen atoms in total. The van der Waals surface area contributed by atoms with Gasteiger partial charge in [-0.15, -0.1) is 10.2 Å². The molecule has 186 valence electrons. The van der Waals surface area contributed by atoms with E-state index in [1.807, 2.05) is 13.8 Å². The van der Waals surface area contributed by atoms with Gasteiger partial charge in [0.2, 0.25) is 18.1 Å². The van der Waals surface area contributed by atoms with E-state index < -0.39 is 36.0 Å². The molecule has 0 radical (unpaired) electrons. The number of aryl methyl sites for hydroxylation is 2. The van der Waals surface area contributed by atoms with E-state index in [9.17, 15) is 24.3 Å². The number of ether oxygens (including phenoxy) is 3. The first-order valence-corrected chi connectivity index (χ1v) is 10.6. The predicted molar refractivity (Wildman–Crippen MR) is 126 cm³/mol. The molecule has 0 aliphatic carbocycles. The molecule has 1 heterocycles. The fraction of sp³-hybridized carbons (Fsp3) is 0.200. The van der Waals surface area contributed by atoms with Crippen LogP contribution in [0.3, 0.4) is 0 Å². The number of rotatable bonds is 9. The van der Waals surface area contributed by atoms with Gasteiger partial charge in [0.15, 0.2) is 5.82 Å². The van der Waals surface area contributed by atoms with E-state index in [2.05, 4.69) is 15.5 Å². The van der Waals surface area contributed by atoms with Crippen molar-refractivity contribution in [3.05, 3.63) is 82.9 Å². The number of hydrogen-bond acceptors (Lipinski definition) is 9. The van der Waals surface area contributed by atoms with Gasteiger partial charge in [-0.25, -0.2) is 14.4 Å². The molecule has 2 unspecified atom stereocenters. The molecule has 0 bridgehead atoms. The van der Waals surface area contributed by atoms with Crippen LogP contribution in [-0.4, -0.2) is 58.4 Å². The molecule has 1 amide bonds. The van der Waals surface area contributed by atoms with Gasteiger partial charge in [-0.2, -0.15) is 0 Å². The molecule has 0 saturated heterocycles. The van der Waals surface area contributed by atoms with Crippen LogP contribution in [0.4, 0.5) is 5.82 Å². The summed E-state index contributed by atoms with van der Waals surface area (Å²) in [5, 5.41) is 19.6. The number of hydrogen-bond donors (Lipinski definition) is 2. The van der Waals surface area contributed by atoms with Crippen LogP contribution >= 0.6 is 0 Å². The van der Waals surface area contributed by atoms with Gasteiger partial charge in [-0.1, -0.05) is 35.4 Å². The average molecular weight is 493 g/mol. The van der Waals surface area contributed by atoms with Crippen LogP contribution in [0.1, 0.15) is 31.8 Å². The van der Waals surface area contributed by atoms with Crippen LogP contribution in [0.25, 0.3) is 0 Å². The molecular weight excluding hydrogens is 470 g/mol. The number of anilines is 1. The fourth-order valence-corrected chi connectivity index (χ4v) is 2.93. The third-order valence-electron chi connectivity index (χ3n) is 4.92.